The molecule has 2 rings (SSSR count). The first-order chi connectivity index (χ1) is 7.56. The smallest absolute Gasteiger partial charge is 0.261 e. The van der Waals surface area contributed by atoms with Crippen molar-refractivity contribution < 1.29 is 4.74 Å². The van der Waals surface area contributed by atoms with Crippen LogP contribution in [0.15, 0.2) is 24.4 Å². The van der Waals surface area contributed by atoms with Crippen molar-refractivity contribution in [2.24, 2.45) is 7.05 Å². The van der Waals surface area contributed by atoms with Crippen LogP contribution in [0.2, 0.25) is 5.02 Å². The summed E-state index contributed by atoms with van der Waals surface area (Å²) in [5.74, 6) is 1.08. The summed E-state index contributed by atoms with van der Waals surface area (Å²) in [4.78, 5) is 0. The summed E-state index contributed by atoms with van der Waals surface area (Å²) in [6.07, 6.45) is 1.69. The highest BCUT2D eigenvalue weighted by atomic mass is 35.5. The monoisotopic (exact) mass is 273 g/mol. The fourth-order valence-electron chi connectivity index (χ4n) is 1.36. The number of hydrogen-bond acceptors (Lipinski definition) is 3. The van der Waals surface area contributed by atoms with Crippen LogP contribution >= 0.6 is 24.0 Å². The van der Waals surface area contributed by atoms with Gasteiger partial charge in [0, 0.05) is 12.1 Å². The average molecular weight is 274 g/mol. The number of hydrogen-bond donors (Lipinski definition) is 1. The SMILES string of the molecule is Cc1cc(Oc2nn(C)cc2N)ccc1Cl.Cl. The Kier molecular flexibility index (Phi) is 4.26. The van der Waals surface area contributed by atoms with Crippen LogP contribution in [0.25, 0.3) is 0 Å². The van der Waals surface area contributed by atoms with E-state index >= 15 is 0 Å². The molecule has 0 amide bonds. The predicted molar refractivity (Wildman–Crippen MR) is 71.1 cm³/mol. The van der Waals surface area contributed by atoms with Crippen LogP contribution < -0.4 is 10.5 Å². The van der Waals surface area contributed by atoms with Crippen molar-refractivity contribution in [1.82, 2.24) is 9.78 Å². The van der Waals surface area contributed by atoms with Crippen molar-refractivity contribution >= 4 is 29.7 Å². The minimum atomic E-state index is 0. The summed E-state index contributed by atoms with van der Waals surface area (Å²) in [6.45, 7) is 1.91. The molecule has 0 fully saturated rings. The van der Waals surface area contributed by atoms with E-state index in [2.05, 4.69) is 5.10 Å². The van der Waals surface area contributed by atoms with Crippen molar-refractivity contribution in [3.05, 3.63) is 35.0 Å². The number of halogens is 2. The normalized spacial score (nSPS) is 9.82. The molecule has 0 aliphatic heterocycles. The second-order valence-electron chi connectivity index (χ2n) is 3.58. The zero-order chi connectivity index (χ0) is 11.7. The first-order valence-corrected chi connectivity index (χ1v) is 5.17. The molecule has 0 unspecified atom stereocenters. The molecule has 0 atom stereocenters. The standard InChI is InChI=1S/C11H12ClN3O.ClH/c1-7-5-8(3-4-9(7)12)16-11-10(13)6-15(2)14-11;/h3-6H,13H2,1-2H3;1H. The van der Waals surface area contributed by atoms with E-state index in [0.717, 1.165) is 5.56 Å². The Labute approximate surface area is 111 Å². The third-order valence-electron chi connectivity index (χ3n) is 2.17. The number of nitrogens with zero attached hydrogens (tertiary/aromatic N) is 2. The number of nitrogens with two attached hydrogens (primary N) is 1. The van der Waals surface area contributed by atoms with E-state index < -0.39 is 0 Å². The lowest BCUT2D eigenvalue weighted by molar-refractivity contribution is 0.455. The van der Waals surface area contributed by atoms with Gasteiger partial charge in [-0.15, -0.1) is 17.5 Å². The van der Waals surface area contributed by atoms with E-state index in [1.54, 1.807) is 30.1 Å². The first-order valence-electron chi connectivity index (χ1n) is 4.79. The van der Waals surface area contributed by atoms with Crippen molar-refractivity contribution in [2.45, 2.75) is 6.92 Å². The van der Waals surface area contributed by atoms with Gasteiger partial charge in [-0.3, -0.25) is 4.68 Å². The van der Waals surface area contributed by atoms with Gasteiger partial charge < -0.3 is 10.5 Å². The molecular formula is C11H13Cl2N3O. The van der Waals surface area contributed by atoms with Crippen LogP contribution in [-0.2, 0) is 7.05 Å². The second-order valence-corrected chi connectivity index (χ2v) is 3.98. The molecule has 0 bridgehead atoms. The minimum absolute atomic E-state index is 0. The Bertz CT molecular complexity index is 525. The van der Waals surface area contributed by atoms with E-state index in [1.807, 2.05) is 13.0 Å². The summed E-state index contributed by atoms with van der Waals surface area (Å²) in [7, 11) is 1.79. The lowest BCUT2D eigenvalue weighted by Gasteiger charge is -2.04. The van der Waals surface area contributed by atoms with E-state index in [4.69, 9.17) is 22.1 Å². The van der Waals surface area contributed by atoms with E-state index in [-0.39, 0.29) is 12.4 Å². The van der Waals surface area contributed by atoms with Crippen LogP contribution in [0.4, 0.5) is 5.69 Å². The Morgan fingerprint density at radius 2 is 2.12 bits per heavy atom. The largest absolute Gasteiger partial charge is 0.436 e. The highest BCUT2D eigenvalue weighted by Crippen LogP contribution is 2.27. The van der Waals surface area contributed by atoms with Crippen LogP contribution in [0, 0.1) is 6.92 Å². The molecule has 0 saturated heterocycles. The third kappa shape index (κ3) is 3.05. The third-order valence-corrected chi connectivity index (χ3v) is 2.59. The minimum Gasteiger partial charge on any atom is -0.436 e. The fourth-order valence-corrected chi connectivity index (χ4v) is 1.48. The van der Waals surface area contributed by atoms with Crippen molar-refractivity contribution in [1.29, 1.82) is 0 Å². The molecule has 92 valence electrons. The van der Waals surface area contributed by atoms with Crippen LogP contribution in [0.3, 0.4) is 0 Å². The fraction of sp³-hybridized carbons (Fsp3) is 0.182. The predicted octanol–water partition coefficient (Wildman–Crippen LogP) is 3.18. The Morgan fingerprint density at radius 3 is 2.65 bits per heavy atom. The van der Waals surface area contributed by atoms with Crippen molar-refractivity contribution in [2.75, 3.05) is 5.73 Å². The summed E-state index contributed by atoms with van der Waals surface area (Å²) < 4.78 is 7.15. The zero-order valence-corrected chi connectivity index (χ0v) is 11.0. The maximum atomic E-state index is 5.92. The van der Waals surface area contributed by atoms with E-state index in [0.29, 0.717) is 22.3 Å². The quantitative estimate of drug-likeness (QED) is 0.915. The molecule has 1 aromatic carbocycles. The highest BCUT2D eigenvalue weighted by molar-refractivity contribution is 6.31. The molecule has 0 radical (unpaired) electrons. The summed E-state index contributed by atoms with van der Waals surface area (Å²) in [5, 5.41) is 4.80. The van der Waals surface area contributed by atoms with E-state index in [1.165, 1.54) is 0 Å². The molecule has 6 heteroatoms. The topological polar surface area (TPSA) is 53.1 Å². The molecule has 0 aliphatic carbocycles. The summed E-state index contributed by atoms with van der Waals surface area (Å²) in [6, 6.07) is 5.41. The Balaban J connectivity index is 0.00000144. The van der Waals surface area contributed by atoms with Gasteiger partial charge in [-0.1, -0.05) is 11.6 Å². The molecule has 0 aliphatic rings. The number of benzene rings is 1. The number of rotatable bonds is 2. The van der Waals surface area contributed by atoms with Crippen molar-refractivity contribution in [3.8, 4) is 11.6 Å². The zero-order valence-electron chi connectivity index (χ0n) is 9.48. The van der Waals surface area contributed by atoms with Gasteiger partial charge in [0.05, 0.1) is 6.20 Å². The average Bonchev–Trinajstić information content (AvgIpc) is 2.51. The van der Waals surface area contributed by atoms with Crippen LogP contribution in [0.1, 0.15) is 5.56 Å². The molecule has 17 heavy (non-hydrogen) atoms. The van der Waals surface area contributed by atoms with Crippen LogP contribution in [0.5, 0.6) is 11.6 Å². The maximum absolute atomic E-state index is 5.92. The van der Waals surface area contributed by atoms with Gasteiger partial charge in [0.1, 0.15) is 11.4 Å². The number of aryl methyl sites for hydroxylation is 2. The highest BCUT2D eigenvalue weighted by Gasteiger charge is 2.07. The Morgan fingerprint density at radius 1 is 1.41 bits per heavy atom. The molecular weight excluding hydrogens is 261 g/mol. The van der Waals surface area contributed by atoms with Gasteiger partial charge in [0.2, 0.25) is 0 Å². The number of aromatic nitrogens is 2. The maximum Gasteiger partial charge on any atom is 0.261 e. The molecule has 0 saturated carbocycles. The number of ether oxygens (including phenoxy) is 1. The summed E-state index contributed by atoms with van der Waals surface area (Å²) in [5.41, 5.74) is 7.18. The molecule has 1 heterocycles. The lowest BCUT2D eigenvalue weighted by Crippen LogP contribution is -1.91. The molecule has 1 aromatic heterocycles. The lowest BCUT2D eigenvalue weighted by atomic mass is 10.2. The van der Waals surface area contributed by atoms with Gasteiger partial charge in [0.25, 0.3) is 5.88 Å². The van der Waals surface area contributed by atoms with Gasteiger partial charge in [0.15, 0.2) is 0 Å². The van der Waals surface area contributed by atoms with Gasteiger partial charge >= 0.3 is 0 Å². The van der Waals surface area contributed by atoms with Crippen molar-refractivity contribution in [3.63, 3.8) is 0 Å². The number of nitrogen functional groups attached to an aromatic ring is 1. The van der Waals surface area contributed by atoms with Gasteiger partial charge in [-0.2, -0.15) is 0 Å². The number of anilines is 1. The molecule has 2 N–H and O–H groups in total. The first kappa shape index (κ1) is 13.7. The molecule has 0 spiro atoms. The summed E-state index contributed by atoms with van der Waals surface area (Å²) >= 11 is 5.92. The van der Waals surface area contributed by atoms with Gasteiger partial charge in [-0.25, -0.2) is 0 Å². The van der Waals surface area contributed by atoms with E-state index in [9.17, 15) is 0 Å². The Hall–Kier alpha value is -1.39. The second kappa shape index (κ2) is 5.29. The van der Waals surface area contributed by atoms with Gasteiger partial charge in [-0.05, 0) is 30.7 Å². The molecule has 2 aromatic rings. The van der Waals surface area contributed by atoms with Crippen LogP contribution in [-0.4, -0.2) is 9.78 Å². The molecule has 4 nitrogen and oxygen atoms in total.